The number of hydrogen-bond acceptors (Lipinski definition) is 0. The summed E-state index contributed by atoms with van der Waals surface area (Å²) < 4.78 is 0. The van der Waals surface area contributed by atoms with Gasteiger partial charge in [-0.15, -0.1) is 0 Å². The first-order valence-corrected chi connectivity index (χ1v) is 0. The first-order valence-electron chi connectivity index (χ1n) is 0. The molecule has 0 aromatic carbocycles. The Bertz CT molecular complexity index is 48.5. The van der Waals surface area contributed by atoms with E-state index >= 15 is 0 Å². The molecule has 50 heteroatoms. The maximum atomic E-state index is 0. The summed E-state index contributed by atoms with van der Waals surface area (Å²) in [6.07, 6.45) is 0. The van der Waals surface area contributed by atoms with E-state index in [1.54, 1.807) is 0 Å². The van der Waals surface area contributed by atoms with Gasteiger partial charge >= 0.3 is 347 Å². The van der Waals surface area contributed by atoms with Crippen LogP contribution in [-0.4, -0.2) is 347 Å². The summed E-state index contributed by atoms with van der Waals surface area (Å²) in [6.45, 7) is 0. The average molecular weight is 1020 g/mol. The van der Waals surface area contributed by atoms with Crippen molar-refractivity contribution in [1.29, 1.82) is 0 Å². The first-order chi connectivity index (χ1) is 0. The van der Waals surface area contributed by atoms with Gasteiger partial charge in [-0.05, 0) is 0 Å². The van der Waals surface area contributed by atoms with Crippen molar-refractivity contribution in [3.8, 4) is 0 Å². The molecule has 0 aliphatic carbocycles. The summed E-state index contributed by atoms with van der Waals surface area (Å²) in [4.78, 5) is 0. The third-order valence-electron chi connectivity index (χ3n) is 0. The van der Waals surface area contributed by atoms with Gasteiger partial charge in [-0.2, -0.15) is 0 Å². The largest absolute Gasteiger partial charge is 3.00 e. The van der Waals surface area contributed by atoms with Gasteiger partial charge in [0.15, 0.2) is 0 Å². The second kappa shape index (κ2) is 2160. The van der Waals surface area contributed by atoms with E-state index < -0.39 is 0 Å². The minimum atomic E-state index is 0. The van der Waals surface area contributed by atoms with Gasteiger partial charge in [0.2, 0.25) is 0 Å². The van der Waals surface area contributed by atoms with E-state index in [0.29, 0.717) is 0 Å². The zero-order valence-corrected chi connectivity index (χ0v) is 46.9. The molecule has 0 unspecified atom stereocenters. The van der Waals surface area contributed by atoms with Crippen LogP contribution in [0.2, 0.25) is 0 Å². The molecule has 0 amide bonds. The van der Waals surface area contributed by atoms with Crippen molar-refractivity contribution in [1.82, 2.24) is 0 Å². The smallest absolute Gasteiger partial charge is 2.00 e. The summed E-state index contributed by atoms with van der Waals surface area (Å²) in [6, 6.07) is 0. The van der Waals surface area contributed by atoms with E-state index in [2.05, 4.69) is 0 Å². The van der Waals surface area contributed by atoms with E-state index in [-0.39, 0.29) is 512 Å². The van der Waals surface area contributed by atoms with Crippen LogP contribution < -0.4 is 0 Å². The topological polar surface area (TPSA) is 855 Å². The van der Waals surface area contributed by atoms with Crippen molar-refractivity contribution < 1.29 is 164 Å². The van der Waals surface area contributed by atoms with Gasteiger partial charge in [0.25, 0.3) is 0 Å². The predicted octanol–water partition coefficient (Wildman–Crippen LogP) is -11.2. The molecule has 0 heterocycles. The Morgan fingerprint density at radius 3 is 0.0400 bits per heavy atom. The molecule has 0 fully saturated rings. The summed E-state index contributed by atoms with van der Waals surface area (Å²) in [7, 11) is 0. The third-order valence-corrected chi connectivity index (χ3v) is 0. The van der Waals surface area contributed by atoms with E-state index in [0.717, 1.165) is 0 Å². The van der Waals surface area contributed by atoms with Crippen molar-refractivity contribution in [2.45, 2.75) is 0 Å². The van der Waals surface area contributed by atoms with Gasteiger partial charge in [-0.1, -0.05) is 0 Å². The van der Waals surface area contributed by atoms with Gasteiger partial charge in [0.05, 0.1) is 0 Å². The molecule has 0 N–H and O–H groups in total. The molecular weight excluding hydrogens is 1020 g/mol. The third kappa shape index (κ3) is 2050. The molecule has 0 aliphatic rings. The van der Waals surface area contributed by atoms with Crippen LogP contribution >= 0.6 is 0 Å². The van der Waals surface area contributed by atoms with Crippen LogP contribution in [0.15, 0.2) is 0 Å². The van der Waals surface area contributed by atoms with Gasteiger partial charge in [0, 0.05) is 0 Å². The Hall–Kier alpha value is 9.45. The first kappa shape index (κ1) is 2270. The summed E-state index contributed by atoms with van der Waals surface area (Å²) in [5.74, 6) is 0. The van der Waals surface area contributed by atoms with Crippen molar-refractivity contribution >= 4 is 347 Å². The minimum Gasteiger partial charge on any atom is -2.00 e. The molecule has 30 nitrogen and oxygen atoms in total. The second-order valence-corrected chi connectivity index (χ2v) is 0. The van der Waals surface area contributed by atoms with Crippen molar-refractivity contribution in [3.63, 3.8) is 0 Å². The molecule has 0 rings (SSSR count). The van der Waals surface area contributed by atoms with E-state index in [1.807, 2.05) is 0 Å². The fourth-order valence-electron chi connectivity index (χ4n) is 0. The Morgan fingerprint density at radius 2 is 0.0400 bits per heavy atom. The Balaban J connectivity index is 0. The van der Waals surface area contributed by atoms with Crippen molar-refractivity contribution in [2.24, 2.45) is 0 Å². The zero-order valence-electron chi connectivity index (χ0n) is 23.8. The van der Waals surface area contributed by atoms with Crippen LogP contribution in [-0.2, 0) is 164 Å². The fourth-order valence-corrected chi connectivity index (χ4v) is 0. The Labute approximate surface area is 503 Å². The van der Waals surface area contributed by atoms with Crippen LogP contribution in [0, 0.1) is 0 Å². The maximum absolute atomic E-state index is 0. The molecular formula is Al20O30. The molecule has 0 saturated carbocycles. The SMILES string of the molecule is [Al+3].[Al+3].[Al+3].[Al+3].[Al+3].[Al+3].[Al+3].[Al+3].[Al+3].[Al+3].[Al+3].[Al+3].[Al+3].[Al+3].[Al+3].[Al+3].[Al+3].[Al+3].[Al+3].[Al+3].[O-2].[O-2].[O-2].[O-2].[O-2].[O-2].[O-2].[O-2].[O-2].[O-2].[O-2].[O-2].[O-2].[O-2].[O-2].[O-2].[O-2].[O-2].[O-2].[O-2].[O-2].[O-2].[O-2].[O-2].[O-2].[O-2].[O-2].[O-2].[O-2].[O-2]. The van der Waals surface area contributed by atoms with Crippen LogP contribution in [0.25, 0.3) is 0 Å². The molecule has 0 atom stereocenters. The fraction of sp³-hybridized carbons (Fsp3) is 0. The molecule has 0 spiro atoms. The summed E-state index contributed by atoms with van der Waals surface area (Å²) in [5.41, 5.74) is 0. The van der Waals surface area contributed by atoms with E-state index in [9.17, 15) is 0 Å². The summed E-state index contributed by atoms with van der Waals surface area (Å²) in [5, 5.41) is 0. The standard InChI is InChI=1S/20Al.30O/q20*+3;30*-2. The molecule has 0 aliphatic heterocycles. The average Bonchev–Trinajstić information content (AvgIpc) is 0. The molecule has 240 valence electrons. The number of hydrogen-bond donors (Lipinski definition) is 0. The van der Waals surface area contributed by atoms with Crippen LogP contribution in [0.5, 0.6) is 0 Å². The van der Waals surface area contributed by atoms with Crippen molar-refractivity contribution in [2.75, 3.05) is 0 Å². The normalized spacial score (nSPS) is 0. The molecule has 0 radical (unpaired) electrons. The maximum Gasteiger partial charge on any atom is 3.00 e. The quantitative estimate of drug-likeness (QED) is 0.204. The molecule has 50 heavy (non-hydrogen) atoms. The monoisotopic (exact) mass is 1020 g/mol. The molecule has 0 aromatic heterocycles. The van der Waals surface area contributed by atoms with E-state index in [1.165, 1.54) is 0 Å². The molecule has 0 bridgehead atoms. The van der Waals surface area contributed by atoms with Crippen molar-refractivity contribution in [3.05, 3.63) is 0 Å². The second-order valence-electron chi connectivity index (χ2n) is 0. The zero-order chi connectivity index (χ0) is 0. The Morgan fingerprint density at radius 1 is 0.0400 bits per heavy atom. The predicted molar refractivity (Wildman–Crippen MR) is 136 cm³/mol. The van der Waals surface area contributed by atoms with E-state index in [4.69, 9.17) is 0 Å². The number of rotatable bonds is 0. The van der Waals surface area contributed by atoms with Gasteiger partial charge in [-0.3, -0.25) is 0 Å². The van der Waals surface area contributed by atoms with Crippen LogP contribution in [0.1, 0.15) is 0 Å². The molecule has 0 saturated heterocycles. The summed E-state index contributed by atoms with van der Waals surface area (Å²) >= 11 is 0. The molecule has 0 aromatic rings. The minimum absolute atomic E-state index is 0. The Kier molecular flexibility index (Phi) is 98300. The van der Waals surface area contributed by atoms with Crippen LogP contribution in [0.3, 0.4) is 0 Å². The van der Waals surface area contributed by atoms with Gasteiger partial charge < -0.3 is 164 Å². The van der Waals surface area contributed by atoms with Gasteiger partial charge in [-0.25, -0.2) is 0 Å². The van der Waals surface area contributed by atoms with Crippen LogP contribution in [0.4, 0.5) is 0 Å². The van der Waals surface area contributed by atoms with Gasteiger partial charge in [0.1, 0.15) is 0 Å².